The highest BCUT2D eigenvalue weighted by atomic mass is 19.1. The van der Waals surface area contributed by atoms with E-state index in [-0.39, 0.29) is 11.2 Å². The van der Waals surface area contributed by atoms with Gasteiger partial charge >= 0.3 is 0 Å². The number of rotatable bonds is 3. The number of hydrogen-bond donors (Lipinski definition) is 0. The van der Waals surface area contributed by atoms with E-state index >= 15 is 0 Å². The minimum Gasteiger partial charge on any atom is -0.256 e. The Morgan fingerprint density at radius 3 is 2.18 bits per heavy atom. The summed E-state index contributed by atoms with van der Waals surface area (Å²) in [4.78, 5) is 4.42. The smallest absolute Gasteiger partial charge is 0.123 e. The highest BCUT2D eigenvalue weighted by molar-refractivity contribution is 5.60. The summed E-state index contributed by atoms with van der Waals surface area (Å²) in [5.41, 5.74) is 4.12. The Kier molecular flexibility index (Phi) is 3.76. The van der Waals surface area contributed by atoms with Gasteiger partial charge in [-0.3, -0.25) is 4.98 Å². The molecule has 3 aromatic rings. The highest BCUT2D eigenvalue weighted by Gasteiger charge is 2.23. The first-order valence-electron chi connectivity index (χ1n) is 7.35. The molecule has 0 N–H and O–H groups in total. The van der Waals surface area contributed by atoms with E-state index in [1.807, 2.05) is 18.3 Å². The van der Waals surface area contributed by atoms with Crippen molar-refractivity contribution in [2.24, 2.45) is 0 Å². The SMILES string of the molecule is CC(C)(c1ccccc1)c1ccnc(-c2ccc(F)cc2)c1. The zero-order valence-corrected chi connectivity index (χ0v) is 12.8. The lowest BCUT2D eigenvalue weighted by molar-refractivity contribution is 0.628. The number of halogens is 1. The lowest BCUT2D eigenvalue weighted by Gasteiger charge is -2.26. The van der Waals surface area contributed by atoms with Crippen LogP contribution in [0.4, 0.5) is 4.39 Å². The number of pyridine rings is 1. The van der Waals surface area contributed by atoms with Gasteiger partial charge in [0.15, 0.2) is 0 Å². The molecule has 1 nitrogen and oxygen atoms in total. The van der Waals surface area contributed by atoms with Crippen molar-refractivity contribution in [3.63, 3.8) is 0 Å². The Bertz CT molecular complexity index is 761. The summed E-state index contributed by atoms with van der Waals surface area (Å²) in [5, 5.41) is 0. The van der Waals surface area contributed by atoms with E-state index in [9.17, 15) is 4.39 Å². The molecule has 2 heteroatoms. The Balaban J connectivity index is 2.02. The summed E-state index contributed by atoms with van der Waals surface area (Å²) in [6, 6.07) is 21.0. The molecular formula is C20H18FN. The molecule has 110 valence electrons. The summed E-state index contributed by atoms with van der Waals surface area (Å²) in [5.74, 6) is -0.232. The first-order chi connectivity index (χ1) is 10.6. The Labute approximate surface area is 130 Å². The molecule has 0 aliphatic rings. The molecule has 1 heterocycles. The van der Waals surface area contributed by atoms with Crippen molar-refractivity contribution in [3.8, 4) is 11.3 Å². The van der Waals surface area contributed by atoms with Gasteiger partial charge in [0.2, 0.25) is 0 Å². The number of nitrogens with zero attached hydrogens (tertiary/aromatic N) is 1. The second-order valence-electron chi connectivity index (χ2n) is 5.93. The summed E-state index contributed by atoms with van der Waals surface area (Å²) >= 11 is 0. The minimum atomic E-state index is -0.232. The van der Waals surface area contributed by atoms with Gasteiger partial charge in [-0.25, -0.2) is 4.39 Å². The summed E-state index contributed by atoms with van der Waals surface area (Å²) in [7, 11) is 0. The van der Waals surface area contributed by atoms with Crippen molar-refractivity contribution < 1.29 is 4.39 Å². The van der Waals surface area contributed by atoms with Crippen LogP contribution in [0.3, 0.4) is 0 Å². The van der Waals surface area contributed by atoms with E-state index in [0.29, 0.717) is 0 Å². The Hall–Kier alpha value is -2.48. The van der Waals surface area contributed by atoms with E-state index in [1.54, 1.807) is 12.1 Å². The van der Waals surface area contributed by atoms with Crippen LogP contribution in [0.15, 0.2) is 72.9 Å². The first-order valence-corrected chi connectivity index (χ1v) is 7.35. The van der Waals surface area contributed by atoms with Crippen LogP contribution >= 0.6 is 0 Å². The molecule has 3 rings (SSSR count). The second-order valence-corrected chi connectivity index (χ2v) is 5.93. The van der Waals surface area contributed by atoms with Crippen molar-refractivity contribution in [2.75, 3.05) is 0 Å². The number of benzene rings is 2. The van der Waals surface area contributed by atoms with Crippen LogP contribution in [0.5, 0.6) is 0 Å². The van der Waals surface area contributed by atoms with Crippen molar-refractivity contribution in [2.45, 2.75) is 19.3 Å². The predicted molar refractivity (Wildman–Crippen MR) is 88.2 cm³/mol. The largest absolute Gasteiger partial charge is 0.256 e. The molecule has 0 fully saturated rings. The van der Waals surface area contributed by atoms with Gasteiger partial charge in [0.25, 0.3) is 0 Å². The highest BCUT2D eigenvalue weighted by Crippen LogP contribution is 2.32. The van der Waals surface area contributed by atoms with Crippen LogP contribution in [0.1, 0.15) is 25.0 Å². The predicted octanol–water partition coefficient (Wildman–Crippen LogP) is 5.21. The van der Waals surface area contributed by atoms with Crippen LogP contribution in [0.2, 0.25) is 0 Å². The maximum absolute atomic E-state index is 13.1. The van der Waals surface area contributed by atoms with Crippen molar-refractivity contribution in [3.05, 3.63) is 89.9 Å². The standard InChI is InChI=1S/C20H18FN/c1-20(2,16-6-4-3-5-7-16)17-12-13-22-19(14-17)15-8-10-18(21)11-9-15/h3-14H,1-2H3. The molecule has 0 aliphatic heterocycles. The third kappa shape index (κ3) is 2.77. The lowest BCUT2D eigenvalue weighted by Crippen LogP contribution is -2.18. The van der Waals surface area contributed by atoms with E-state index in [2.05, 4.69) is 49.2 Å². The van der Waals surface area contributed by atoms with Gasteiger partial charge in [-0.1, -0.05) is 44.2 Å². The second kappa shape index (κ2) is 5.72. The van der Waals surface area contributed by atoms with Crippen LogP contribution < -0.4 is 0 Å². The van der Waals surface area contributed by atoms with Crippen molar-refractivity contribution in [1.29, 1.82) is 0 Å². The lowest BCUT2D eigenvalue weighted by atomic mass is 9.78. The molecule has 0 saturated carbocycles. The van der Waals surface area contributed by atoms with E-state index < -0.39 is 0 Å². The maximum atomic E-state index is 13.1. The van der Waals surface area contributed by atoms with Gasteiger partial charge in [-0.2, -0.15) is 0 Å². The molecule has 1 aromatic heterocycles. The molecule has 0 spiro atoms. The Morgan fingerprint density at radius 2 is 1.50 bits per heavy atom. The van der Waals surface area contributed by atoms with Crippen molar-refractivity contribution in [1.82, 2.24) is 4.98 Å². The van der Waals surface area contributed by atoms with E-state index in [1.165, 1.54) is 23.3 Å². The minimum absolute atomic E-state index is 0.112. The van der Waals surface area contributed by atoms with Crippen molar-refractivity contribution >= 4 is 0 Å². The molecule has 0 unspecified atom stereocenters. The zero-order chi connectivity index (χ0) is 15.6. The number of hydrogen-bond acceptors (Lipinski definition) is 1. The van der Waals surface area contributed by atoms with Gasteiger partial charge in [-0.15, -0.1) is 0 Å². The topological polar surface area (TPSA) is 12.9 Å². The first kappa shape index (κ1) is 14.5. The summed E-state index contributed by atoms with van der Waals surface area (Å²) in [6.45, 7) is 4.40. The van der Waals surface area contributed by atoms with Crippen LogP contribution in [0, 0.1) is 5.82 Å². The van der Waals surface area contributed by atoms with Crippen LogP contribution in [0.25, 0.3) is 11.3 Å². The zero-order valence-electron chi connectivity index (χ0n) is 12.8. The average molecular weight is 291 g/mol. The normalized spacial score (nSPS) is 11.4. The average Bonchev–Trinajstić information content (AvgIpc) is 2.56. The van der Waals surface area contributed by atoms with E-state index in [4.69, 9.17) is 0 Å². The summed E-state index contributed by atoms with van der Waals surface area (Å²) < 4.78 is 13.1. The maximum Gasteiger partial charge on any atom is 0.123 e. The molecule has 0 atom stereocenters. The van der Waals surface area contributed by atoms with Gasteiger partial charge in [0.05, 0.1) is 5.69 Å². The molecule has 0 amide bonds. The molecule has 0 saturated heterocycles. The van der Waals surface area contributed by atoms with Gasteiger partial charge in [-0.05, 0) is 47.5 Å². The van der Waals surface area contributed by atoms with Crippen LogP contribution in [-0.2, 0) is 5.41 Å². The van der Waals surface area contributed by atoms with Gasteiger partial charge < -0.3 is 0 Å². The monoisotopic (exact) mass is 291 g/mol. The van der Waals surface area contributed by atoms with Crippen LogP contribution in [-0.4, -0.2) is 4.98 Å². The van der Waals surface area contributed by atoms with Gasteiger partial charge in [0.1, 0.15) is 5.82 Å². The number of aromatic nitrogens is 1. The molecule has 0 radical (unpaired) electrons. The quantitative estimate of drug-likeness (QED) is 0.645. The third-order valence-corrected chi connectivity index (χ3v) is 4.12. The van der Waals surface area contributed by atoms with Gasteiger partial charge in [0, 0.05) is 17.2 Å². The van der Waals surface area contributed by atoms with E-state index in [0.717, 1.165) is 11.3 Å². The molecule has 0 bridgehead atoms. The molecule has 2 aromatic carbocycles. The fourth-order valence-corrected chi connectivity index (χ4v) is 2.62. The molecule has 22 heavy (non-hydrogen) atoms. The Morgan fingerprint density at radius 1 is 0.818 bits per heavy atom. The fraction of sp³-hybridized carbons (Fsp3) is 0.150. The molecule has 0 aliphatic carbocycles. The summed E-state index contributed by atoms with van der Waals surface area (Å²) in [6.07, 6.45) is 1.82. The third-order valence-electron chi connectivity index (χ3n) is 4.12. The molecular weight excluding hydrogens is 273 g/mol. The fourth-order valence-electron chi connectivity index (χ4n) is 2.62.